The van der Waals surface area contributed by atoms with Gasteiger partial charge in [-0.1, -0.05) is 26.0 Å². The van der Waals surface area contributed by atoms with Gasteiger partial charge in [0.05, 0.1) is 59.5 Å². The SMILES string of the molecule is COc1c(CNC(C)C)cc(C(F)(F)F)cc1NC(=O)c1ccc(C)c(N2C=C(c3cnc4[nH]c(Cc5ccc(C(=O)Nc6cc(C(F)(F)F)cc(CN7CCN(C)CC7)c6OC)cc5N5C=C(c6cnc7[nH]ccc7c6)N(C)N5)cc4c3)NN2)c1. The highest BCUT2D eigenvalue weighted by atomic mass is 19.4. The number of likely N-dealkylation sites (N-methyl/N-ethyl adjacent to an activating group) is 1. The van der Waals surface area contributed by atoms with Crippen molar-refractivity contribution in [3.05, 3.63) is 177 Å². The zero-order valence-corrected chi connectivity index (χ0v) is 48.0. The summed E-state index contributed by atoms with van der Waals surface area (Å²) in [6.45, 7) is 8.69. The van der Waals surface area contributed by atoms with E-state index >= 15 is 0 Å². The van der Waals surface area contributed by atoms with E-state index in [1.807, 2.05) is 76.5 Å². The third-order valence-corrected chi connectivity index (χ3v) is 15.3. The number of nitrogens with one attached hydrogen (secondary N) is 8. The molecule has 0 saturated carbocycles. The van der Waals surface area contributed by atoms with Gasteiger partial charge in [-0.2, -0.15) is 26.3 Å². The molecule has 4 aromatic heterocycles. The van der Waals surface area contributed by atoms with Crippen molar-refractivity contribution >= 4 is 68.0 Å². The third kappa shape index (κ3) is 12.5. The standard InChI is InChI=1S/C61H63F6N15O4/c1-34(2)69-30-43-20-45(60(62,63)64)26-48(54(43)85-6)73-58(83)38-9-8-35(3)51(24-38)81-32-50(75-76-81)41-19-40-23-47(72-57(40)71-28-41)22-36-10-11-39(25-52(36)82-33-53(79(5)77-82)42-18-37-12-13-68-56(37)70-29-42)59(84)74-49-27-46(61(65,66)67)21-44(55(49)86-7)31-80-16-14-78(4)15-17-80/h8-13,18-21,23-29,32-34,69,75-77H,14-17,22,30-31H2,1-7H3,(H,68,70)(H,71,72)(H,73,83)(H,74,84). The first-order valence-corrected chi connectivity index (χ1v) is 27.6. The van der Waals surface area contributed by atoms with E-state index in [1.165, 1.54) is 14.2 Å². The minimum absolute atomic E-state index is 0.0247. The second-order valence-electron chi connectivity index (χ2n) is 21.8. The number of aryl methyl sites for hydroxylation is 1. The molecule has 8 N–H and O–H groups in total. The lowest BCUT2D eigenvalue weighted by Gasteiger charge is -2.33. The lowest BCUT2D eigenvalue weighted by atomic mass is 10.0. The fraction of sp³-hybridized carbons (Fsp3) is 0.279. The van der Waals surface area contributed by atoms with E-state index in [-0.39, 0.29) is 58.7 Å². The summed E-state index contributed by atoms with van der Waals surface area (Å²) in [6, 6.07) is 21.7. The molecule has 4 aromatic carbocycles. The first kappa shape index (κ1) is 58.6. The number of fused-ring (bicyclic) bond motifs is 2. The van der Waals surface area contributed by atoms with Crippen molar-refractivity contribution in [2.45, 2.75) is 58.7 Å². The van der Waals surface area contributed by atoms with Crippen LogP contribution in [0.3, 0.4) is 0 Å². The molecular weight excluding hydrogens is 1120 g/mol. The molecule has 448 valence electrons. The number of anilines is 4. The average molecular weight is 1180 g/mol. The number of methoxy groups -OCH3 is 2. The van der Waals surface area contributed by atoms with E-state index < -0.39 is 35.3 Å². The van der Waals surface area contributed by atoms with Crippen LogP contribution in [0.1, 0.15) is 84.8 Å². The summed E-state index contributed by atoms with van der Waals surface area (Å²) < 4.78 is 97.2. The molecule has 0 radical (unpaired) electrons. The van der Waals surface area contributed by atoms with Crippen LogP contribution in [0.5, 0.6) is 11.5 Å². The lowest BCUT2D eigenvalue weighted by Crippen LogP contribution is -2.43. The van der Waals surface area contributed by atoms with Crippen LogP contribution in [0.25, 0.3) is 33.5 Å². The molecule has 25 heteroatoms. The number of aromatic amines is 2. The molecule has 8 aromatic rings. The largest absolute Gasteiger partial charge is 0.494 e. The molecule has 0 aliphatic carbocycles. The molecule has 0 bridgehead atoms. The van der Waals surface area contributed by atoms with Crippen molar-refractivity contribution in [2.75, 3.05) is 75.1 Å². The number of hydrazine groups is 4. The highest BCUT2D eigenvalue weighted by Gasteiger charge is 2.35. The van der Waals surface area contributed by atoms with Crippen LogP contribution in [0.15, 0.2) is 116 Å². The first-order chi connectivity index (χ1) is 41.1. The van der Waals surface area contributed by atoms with Crippen molar-refractivity contribution in [1.29, 1.82) is 0 Å². The number of ether oxygens (including phenoxy) is 2. The highest BCUT2D eigenvalue weighted by Crippen LogP contribution is 2.41. The van der Waals surface area contributed by atoms with E-state index in [2.05, 4.69) is 57.2 Å². The smallest absolute Gasteiger partial charge is 0.416 e. The van der Waals surface area contributed by atoms with Crippen LogP contribution < -0.4 is 51.9 Å². The Kier molecular flexibility index (Phi) is 16.2. The van der Waals surface area contributed by atoms with Gasteiger partial charge >= 0.3 is 12.4 Å². The van der Waals surface area contributed by atoms with Gasteiger partial charge in [0, 0.05) is 140 Å². The van der Waals surface area contributed by atoms with Crippen LogP contribution >= 0.6 is 0 Å². The number of aromatic nitrogens is 4. The van der Waals surface area contributed by atoms with Gasteiger partial charge in [0.2, 0.25) is 0 Å². The van der Waals surface area contributed by atoms with Crippen LogP contribution in [0, 0.1) is 6.92 Å². The Morgan fingerprint density at radius 1 is 0.686 bits per heavy atom. The third-order valence-electron chi connectivity index (χ3n) is 15.3. The predicted molar refractivity (Wildman–Crippen MR) is 317 cm³/mol. The Morgan fingerprint density at radius 2 is 1.31 bits per heavy atom. The summed E-state index contributed by atoms with van der Waals surface area (Å²) in [5, 5.41) is 15.5. The van der Waals surface area contributed by atoms with Crippen LogP contribution in [-0.2, 0) is 31.9 Å². The number of pyridine rings is 2. The minimum Gasteiger partial charge on any atom is -0.494 e. The van der Waals surface area contributed by atoms with Crippen molar-refractivity contribution in [3.63, 3.8) is 0 Å². The Hall–Kier alpha value is -9.14. The fourth-order valence-electron chi connectivity index (χ4n) is 10.7. The number of rotatable bonds is 17. The number of H-pyrrole nitrogens is 2. The predicted octanol–water partition coefficient (Wildman–Crippen LogP) is 10.1. The number of nitrogens with zero attached hydrogens (tertiary/aromatic N) is 7. The molecule has 0 unspecified atom stereocenters. The second-order valence-corrected chi connectivity index (χ2v) is 21.8. The van der Waals surface area contributed by atoms with Gasteiger partial charge in [0.25, 0.3) is 11.8 Å². The van der Waals surface area contributed by atoms with E-state index in [9.17, 15) is 35.9 Å². The topological polar surface area (TPSA) is 198 Å². The molecule has 1 fully saturated rings. The van der Waals surface area contributed by atoms with Gasteiger partial charge in [-0.3, -0.25) is 29.5 Å². The molecule has 11 rings (SSSR count). The van der Waals surface area contributed by atoms with E-state index in [0.29, 0.717) is 53.4 Å². The molecule has 1 saturated heterocycles. The maximum absolute atomic E-state index is 14.5. The number of amides is 2. The number of hydrogen-bond donors (Lipinski definition) is 8. The first-order valence-electron chi connectivity index (χ1n) is 27.6. The molecule has 3 aliphatic rings. The number of halogens is 6. The number of benzene rings is 4. The Bertz CT molecular complexity index is 3960. The average Bonchev–Trinajstić information content (AvgIpc) is 2.09. The summed E-state index contributed by atoms with van der Waals surface area (Å²) in [6.07, 6.45) is -0.136. The van der Waals surface area contributed by atoms with Gasteiger partial charge in [-0.05, 0) is 97.9 Å². The van der Waals surface area contributed by atoms with E-state index in [0.717, 1.165) is 81.9 Å². The van der Waals surface area contributed by atoms with Gasteiger partial charge < -0.3 is 45.7 Å². The van der Waals surface area contributed by atoms with E-state index in [4.69, 9.17) is 14.5 Å². The highest BCUT2D eigenvalue weighted by molar-refractivity contribution is 6.07. The molecule has 7 heterocycles. The lowest BCUT2D eigenvalue weighted by molar-refractivity contribution is -0.138. The van der Waals surface area contributed by atoms with Crippen molar-refractivity contribution < 1.29 is 45.4 Å². The monoisotopic (exact) mass is 1180 g/mol. The molecule has 86 heavy (non-hydrogen) atoms. The molecule has 0 atom stereocenters. The molecule has 3 aliphatic heterocycles. The normalized spacial score (nSPS) is 15.2. The summed E-state index contributed by atoms with van der Waals surface area (Å²) in [5.41, 5.74) is 16.2. The number of carbonyl (C=O) groups is 2. The quantitative estimate of drug-likeness (QED) is 0.0401. The number of carbonyl (C=O) groups excluding carboxylic acids is 2. The number of alkyl halides is 6. The molecule has 19 nitrogen and oxygen atoms in total. The molecule has 0 spiro atoms. The van der Waals surface area contributed by atoms with E-state index in [1.54, 1.807) is 65.0 Å². The Balaban J connectivity index is 0.864. The summed E-state index contributed by atoms with van der Waals surface area (Å²) in [5.74, 6) is -1.05. The number of hydrogen-bond acceptors (Lipinski definition) is 15. The zero-order valence-electron chi connectivity index (χ0n) is 48.0. The molecular formula is C61H63F6N15O4. The Labute approximate surface area is 490 Å². The number of piperazine rings is 1. The summed E-state index contributed by atoms with van der Waals surface area (Å²) in [4.78, 5) is 48.4. The van der Waals surface area contributed by atoms with Crippen molar-refractivity contribution in [2.24, 2.45) is 0 Å². The summed E-state index contributed by atoms with van der Waals surface area (Å²) >= 11 is 0. The minimum atomic E-state index is -4.70. The van der Waals surface area contributed by atoms with Crippen LogP contribution in [-0.4, -0.2) is 107 Å². The van der Waals surface area contributed by atoms with Crippen molar-refractivity contribution in [3.8, 4) is 11.5 Å². The van der Waals surface area contributed by atoms with Crippen LogP contribution in [0.2, 0.25) is 0 Å². The Morgan fingerprint density at radius 3 is 1.99 bits per heavy atom. The maximum atomic E-state index is 14.5. The molecule has 2 amide bonds. The van der Waals surface area contributed by atoms with Crippen molar-refractivity contribution in [1.82, 2.24) is 56.6 Å². The second kappa shape index (κ2) is 23.7. The fourth-order valence-corrected chi connectivity index (χ4v) is 10.7. The summed E-state index contributed by atoms with van der Waals surface area (Å²) in [7, 11) is 6.56. The van der Waals surface area contributed by atoms with Gasteiger partial charge in [-0.15, -0.1) is 11.1 Å². The zero-order chi connectivity index (χ0) is 60.8. The van der Waals surface area contributed by atoms with Gasteiger partial charge in [0.15, 0.2) is 0 Å². The van der Waals surface area contributed by atoms with Gasteiger partial charge in [0.1, 0.15) is 22.8 Å². The maximum Gasteiger partial charge on any atom is 0.416 e. The van der Waals surface area contributed by atoms with Crippen LogP contribution in [0.4, 0.5) is 49.1 Å². The van der Waals surface area contributed by atoms with Gasteiger partial charge in [-0.25, -0.2) is 9.97 Å².